The number of methoxy groups -OCH3 is 1. The van der Waals surface area contributed by atoms with Crippen LogP contribution in [0.4, 0.5) is 5.82 Å². The molecule has 0 radical (unpaired) electrons. The van der Waals surface area contributed by atoms with Gasteiger partial charge < -0.3 is 9.64 Å². The van der Waals surface area contributed by atoms with Crippen molar-refractivity contribution >= 4 is 33.8 Å². The van der Waals surface area contributed by atoms with Crippen molar-refractivity contribution in [3.8, 4) is 0 Å². The van der Waals surface area contributed by atoms with Crippen molar-refractivity contribution in [1.82, 2.24) is 10.2 Å². The second-order valence-electron chi connectivity index (χ2n) is 4.75. The van der Waals surface area contributed by atoms with Gasteiger partial charge in [-0.2, -0.15) is 12.2 Å². The summed E-state index contributed by atoms with van der Waals surface area (Å²) in [6.07, 6.45) is 2.25. The van der Waals surface area contributed by atoms with Crippen LogP contribution in [-0.4, -0.2) is 45.3 Å². The number of hydrogen-bond acceptors (Lipinski definition) is 8. The molecule has 8 nitrogen and oxygen atoms in total. The molecule has 0 unspecified atom stereocenters. The molecule has 0 aromatic carbocycles. The Morgan fingerprint density at radius 2 is 2.14 bits per heavy atom. The maximum Gasteiger partial charge on any atom is 0.341 e. The highest BCUT2D eigenvalue weighted by Gasteiger charge is 2.28. The van der Waals surface area contributed by atoms with Crippen molar-refractivity contribution in [2.24, 2.45) is 5.92 Å². The zero-order valence-corrected chi connectivity index (χ0v) is 13.0. The summed E-state index contributed by atoms with van der Waals surface area (Å²) in [4.78, 5) is 13.6. The average Bonchev–Trinajstić information content (AvgIpc) is 3.29. The van der Waals surface area contributed by atoms with Gasteiger partial charge in [0.1, 0.15) is 5.56 Å². The minimum absolute atomic E-state index is 0.0112. The highest BCUT2D eigenvalue weighted by atomic mass is 35.5. The van der Waals surface area contributed by atoms with Gasteiger partial charge in [-0.05, 0) is 24.8 Å². The van der Waals surface area contributed by atoms with E-state index in [9.17, 15) is 13.2 Å². The number of carbonyl (C=O) groups excluding carboxylic acids is 1. The number of carbonyl (C=O) groups is 1. The molecule has 0 bridgehead atoms. The van der Waals surface area contributed by atoms with Crippen LogP contribution in [-0.2, 0) is 18.6 Å². The molecular weight excluding hydrogens is 322 g/mol. The van der Waals surface area contributed by atoms with Gasteiger partial charge in [0.2, 0.25) is 5.03 Å². The molecular formula is C11H14ClN3O5S. The van der Waals surface area contributed by atoms with E-state index in [-0.39, 0.29) is 11.4 Å². The number of aromatic nitrogens is 2. The smallest absolute Gasteiger partial charge is 0.341 e. The standard InChI is InChI=1S/C11H14ClN3O5S/c1-15(6-7-3-4-7)10-8(11(16)19-2)5-9(13-14-10)21(17,18)20-12/h5,7H,3-4,6H2,1-2H3. The molecule has 1 aromatic heterocycles. The molecule has 1 saturated carbocycles. The predicted octanol–water partition coefficient (Wildman–Crippen LogP) is 0.968. The second-order valence-corrected chi connectivity index (χ2v) is 6.58. The molecule has 2 rings (SSSR count). The molecule has 0 aliphatic heterocycles. The van der Waals surface area contributed by atoms with Crippen molar-refractivity contribution in [2.45, 2.75) is 17.9 Å². The molecule has 0 atom stereocenters. The van der Waals surface area contributed by atoms with Gasteiger partial charge in [-0.25, -0.2) is 4.79 Å². The number of ether oxygens (including phenoxy) is 1. The van der Waals surface area contributed by atoms with Gasteiger partial charge in [-0.3, -0.25) is 0 Å². The summed E-state index contributed by atoms with van der Waals surface area (Å²) < 4.78 is 31.5. The molecule has 1 aliphatic rings. The van der Waals surface area contributed by atoms with E-state index >= 15 is 0 Å². The van der Waals surface area contributed by atoms with Gasteiger partial charge in [0.25, 0.3) is 0 Å². The van der Waals surface area contributed by atoms with E-state index in [0.717, 1.165) is 18.9 Å². The van der Waals surface area contributed by atoms with E-state index in [2.05, 4.69) is 18.7 Å². The summed E-state index contributed by atoms with van der Waals surface area (Å²) in [7, 11) is -1.30. The lowest BCUT2D eigenvalue weighted by Gasteiger charge is -2.19. The van der Waals surface area contributed by atoms with Crippen LogP contribution >= 0.6 is 11.9 Å². The number of halogens is 1. The van der Waals surface area contributed by atoms with Gasteiger partial charge in [-0.15, -0.1) is 10.2 Å². The highest BCUT2D eigenvalue weighted by Crippen LogP contribution is 2.31. The Balaban J connectivity index is 2.42. The number of rotatable bonds is 6. The van der Waals surface area contributed by atoms with Crippen LogP contribution in [0.1, 0.15) is 23.2 Å². The third-order valence-electron chi connectivity index (χ3n) is 3.09. The van der Waals surface area contributed by atoms with Gasteiger partial charge >= 0.3 is 16.1 Å². The molecule has 0 amide bonds. The first-order chi connectivity index (χ1) is 9.89. The Morgan fingerprint density at radius 3 is 2.67 bits per heavy atom. The van der Waals surface area contributed by atoms with Crippen molar-refractivity contribution in [2.75, 3.05) is 25.6 Å². The first kappa shape index (κ1) is 15.9. The molecule has 0 spiro atoms. The highest BCUT2D eigenvalue weighted by molar-refractivity contribution is 7.87. The summed E-state index contributed by atoms with van der Waals surface area (Å²) in [5.74, 6) is 0.0905. The lowest BCUT2D eigenvalue weighted by molar-refractivity contribution is 0.0600. The summed E-state index contributed by atoms with van der Waals surface area (Å²) in [5, 5.41) is 6.80. The summed E-state index contributed by atoms with van der Waals surface area (Å²) >= 11 is 4.89. The molecule has 0 N–H and O–H groups in total. The van der Waals surface area contributed by atoms with E-state index < -0.39 is 21.1 Å². The Labute approximate surface area is 127 Å². The first-order valence-electron chi connectivity index (χ1n) is 6.11. The van der Waals surface area contributed by atoms with Crippen LogP contribution in [0.5, 0.6) is 0 Å². The van der Waals surface area contributed by atoms with Crippen LogP contribution in [0.3, 0.4) is 0 Å². The van der Waals surface area contributed by atoms with Gasteiger partial charge in [-0.1, -0.05) is 0 Å². The second kappa shape index (κ2) is 6.12. The number of hydrogen-bond donors (Lipinski definition) is 0. The molecule has 1 aliphatic carbocycles. The molecule has 21 heavy (non-hydrogen) atoms. The molecule has 1 fully saturated rings. The van der Waals surface area contributed by atoms with Crippen molar-refractivity contribution < 1.29 is 21.7 Å². The maximum absolute atomic E-state index is 11.8. The molecule has 1 aromatic rings. The van der Waals surface area contributed by atoms with E-state index in [1.807, 2.05) is 0 Å². The van der Waals surface area contributed by atoms with E-state index in [1.165, 1.54) is 7.11 Å². The SMILES string of the molecule is COC(=O)c1cc(S(=O)(=O)OCl)nnc1N(C)CC1CC1. The topological polar surface area (TPSA) is 98.7 Å². The fourth-order valence-corrected chi connectivity index (χ4v) is 2.50. The third kappa shape index (κ3) is 3.60. The minimum atomic E-state index is -4.25. The Morgan fingerprint density at radius 1 is 1.48 bits per heavy atom. The molecule has 10 heteroatoms. The quantitative estimate of drug-likeness (QED) is 0.709. The van der Waals surface area contributed by atoms with Crippen LogP contribution in [0.15, 0.2) is 11.1 Å². The molecule has 116 valence electrons. The number of anilines is 1. The van der Waals surface area contributed by atoms with Crippen LogP contribution in [0.25, 0.3) is 0 Å². The molecule has 0 saturated heterocycles. The van der Waals surface area contributed by atoms with Gasteiger partial charge in [0.05, 0.1) is 19.0 Å². The van der Waals surface area contributed by atoms with Crippen molar-refractivity contribution in [3.05, 3.63) is 11.6 Å². The Kier molecular flexibility index (Phi) is 4.64. The summed E-state index contributed by atoms with van der Waals surface area (Å²) in [5.41, 5.74) is -0.0112. The lowest BCUT2D eigenvalue weighted by Crippen LogP contribution is -2.25. The van der Waals surface area contributed by atoms with Crippen LogP contribution in [0, 0.1) is 5.92 Å². The van der Waals surface area contributed by atoms with Crippen LogP contribution in [0.2, 0.25) is 0 Å². The summed E-state index contributed by atoms with van der Waals surface area (Å²) in [6.45, 7) is 0.705. The fraction of sp³-hybridized carbons (Fsp3) is 0.545. The van der Waals surface area contributed by atoms with Gasteiger partial charge in [0.15, 0.2) is 5.82 Å². The maximum atomic E-state index is 11.8. The average molecular weight is 336 g/mol. The largest absolute Gasteiger partial charge is 0.465 e. The van der Waals surface area contributed by atoms with Crippen molar-refractivity contribution in [3.63, 3.8) is 0 Å². The van der Waals surface area contributed by atoms with Crippen molar-refractivity contribution in [1.29, 1.82) is 0 Å². The minimum Gasteiger partial charge on any atom is -0.465 e. The summed E-state index contributed by atoms with van der Waals surface area (Å²) in [6, 6.07) is 1.04. The zero-order valence-electron chi connectivity index (χ0n) is 11.4. The van der Waals surface area contributed by atoms with Crippen LogP contribution < -0.4 is 4.90 Å². The van der Waals surface area contributed by atoms with E-state index in [4.69, 9.17) is 11.9 Å². The van der Waals surface area contributed by atoms with Gasteiger partial charge in [0, 0.05) is 13.6 Å². The third-order valence-corrected chi connectivity index (χ3v) is 4.46. The Hall–Kier alpha value is -1.45. The van der Waals surface area contributed by atoms with E-state index in [0.29, 0.717) is 12.5 Å². The first-order valence-corrected chi connectivity index (χ1v) is 7.83. The predicted molar refractivity (Wildman–Crippen MR) is 73.5 cm³/mol. The zero-order chi connectivity index (χ0) is 15.6. The Bertz CT molecular complexity index is 647. The monoisotopic (exact) mass is 335 g/mol. The molecule has 1 heterocycles. The number of nitrogens with zero attached hydrogens (tertiary/aromatic N) is 3. The van der Waals surface area contributed by atoms with E-state index in [1.54, 1.807) is 11.9 Å². The lowest BCUT2D eigenvalue weighted by atomic mass is 10.2. The normalized spacial score (nSPS) is 14.8. The number of esters is 1. The fourth-order valence-electron chi connectivity index (χ4n) is 1.84.